The maximum absolute atomic E-state index is 12.3. The molecule has 1 aliphatic heterocycles. The Morgan fingerprint density at radius 2 is 2.12 bits per heavy atom. The highest BCUT2D eigenvalue weighted by molar-refractivity contribution is 7.10. The zero-order chi connectivity index (χ0) is 12.0. The topological polar surface area (TPSA) is 40.5 Å². The molecule has 0 aromatic carbocycles. The van der Waals surface area contributed by atoms with Crippen LogP contribution in [-0.2, 0) is 12.8 Å². The van der Waals surface area contributed by atoms with Gasteiger partial charge in [0.15, 0.2) is 0 Å². The average molecular weight is 251 g/mol. The number of carbonyl (C=O) groups excluding carboxylic acids is 1. The van der Waals surface area contributed by atoms with Gasteiger partial charge < -0.3 is 10.0 Å². The molecule has 4 heteroatoms. The van der Waals surface area contributed by atoms with E-state index in [-0.39, 0.29) is 5.91 Å². The van der Waals surface area contributed by atoms with Gasteiger partial charge in [0.2, 0.25) is 0 Å². The van der Waals surface area contributed by atoms with E-state index in [1.165, 1.54) is 23.3 Å². The fraction of sp³-hybridized carbons (Fsp3) is 0.615. The maximum Gasteiger partial charge on any atom is 0.255 e. The van der Waals surface area contributed by atoms with Crippen molar-refractivity contribution in [3.8, 4) is 0 Å². The molecule has 2 heterocycles. The molecule has 0 radical (unpaired) electrons. The van der Waals surface area contributed by atoms with E-state index >= 15 is 0 Å². The Morgan fingerprint density at radius 1 is 1.41 bits per heavy atom. The standard InChI is InChI=1S/C13H17NO2S/c1-13(16)7-14(8-13)12(15)10-6-17-11-5-3-2-4-9(10)11/h6,16H,2-5,7-8H2,1H3. The van der Waals surface area contributed by atoms with Crippen molar-refractivity contribution in [1.29, 1.82) is 0 Å². The molecule has 0 saturated carbocycles. The molecule has 1 aliphatic carbocycles. The number of thiophene rings is 1. The third kappa shape index (κ3) is 1.89. The molecule has 3 rings (SSSR count). The molecule has 2 aliphatic rings. The summed E-state index contributed by atoms with van der Waals surface area (Å²) < 4.78 is 0. The lowest BCUT2D eigenvalue weighted by Crippen LogP contribution is -2.61. The minimum Gasteiger partial charge on any atom is -0.386 e. The van der Waals surface area contributed by atoms with Gasteiger partial charge >= 0.3 is 0 Å². The maximum atomic E-state index is 12.3. The molecule has 0 unspecified atom stereocenters. The van der Waals surface area contributed by atoms with E-state index in [0.29, 0.717) is 13.1 Å². The van der Waals surface area contributed by atoms with Gasteiger partial charge in [-0.15, -0.1) is 11.3 Å². The molecule has 17 heavy (non-hydrogen) atoms. The fourth-order valence-electron chi connectivity index (χ4n) is 2.76. The van der Waals surface area contributed by atoms with Crippen LogP contribution >= 0.6 is 11.3 Å². The quantitative estimate of drug-likeness (QED) is 0.827. The van der Waals surface area contributed by atoms with Crippen LogP contribution in [0.4, 0.5) is 0 Å². The smallest absolute Gasteiger partial charge is 0.255 e. The number of nitrogens with zero attached hydrogens (tertiary/aromatic N) is 1. The first-order valence-corrected chi connectivity index (χ1v) is 7.06. The minimum absolute atomic E-state index is 0.107. The Balaban J connectivity index is 1.81. The highest BCUT2D eigenvalue weighted by atomic mass is 32.1. The normalized spacial score (nSPS) is 21.9. The first-order chi connectivity index (χ1) is 8.07. The Bertz CT molecular complexity index is 456. The highest BCUT2D eigenvalue weighted by Crippen LogP contribution is 2.32. The van der Waals surface area contributed by atoms with E-state index < -0.39 is 5.60 Å². The first kappa shape index (κ1) is 11.2. The number of amides is 1. The SMILES string of the molecule is CC1(O)CN(C(=O)c2csc3c2CCCC3)C1. The predicted octanol–water partition coefficient (Wildman–Crippen LogP) is 1.83. The minimum atomic E-state index is -0.675. The summed E-state index contributed by atoms with van der Waals surface area (Å²) in [6.45, 7) is 2.72. The Labute approximate surface area is 105 Å². The van der Waals surface area contributed by atoms with Gasteiger partial charge in [-0.25, -0.2) is 0 Å². The molecule has 1 saturated heterocycles. The van der Waals surface area contributed by atoms with E-state index in [0.717, 1.165) is 18.4 Å². The number of rotatable bonds is 1. The Hall–Kier alpha value is -0.870. The van der Waals surface area contributed by atoms with E-state index in [1.54, 1.807) is 23.2 Å². The summed E-state index contributed by atoms with van der Waals surface area (Å²) in [7, 11) is 0. The van der Waals surface area contributed by atoms with Gasteiger partial charge in [0.1, 0.15) is 0 Å². The van der Waals surface area contributed by atoms with Gasteiger partial charge in [-0.2, -0.15) is 0 Å². The lowest BCUT2D eigenvalue weighted by Gasteiger charge is -2.44. The van der Waals surface area contributed by atoms with Gasteiger partial charge in [-0.1, -0.05) is 0 Å². The number of β-amino-alcohol motifs (C(OH)–C–C–N with tert-alkyl or cyclic N) is 1. The molecule has 1 amide bonds. The summed E-state index contributed by atoms with van der Waals surface area (Å²) in [5.74, 6) is 0.107. The molecule has 1 N–H and O–H groups in total. The van der Waals surface area contributed by atoms with Gasteiger partial charge in [0.05, 0.1) is 24.3 Å². The molecule has 0 bridgehead atoms. The average Bonchev–Trinajstić information content (AvgIpc) is 2.68. The van der Waals surface area contributed by atoms with Crippen molar-refractivity contribution in [2.24, 2.45) is 0 Å². The van der Waals surface area contributed by atoms with Crippen molar-refractivity contribution in [1.82, 2.24) is 4.90 Å². The van der Waals surface area contributed by atoms with Crippen LogP contribution in [0.2, 0.25) is 0 Å². The highest BCUT2D eigenvalue weighted by Gasteiger charge is 2.40. The van der Waals surface area contributed by atoms with Crippen molar-refractivity contribution in [2.75, 3.05) is 13.1 Å². The summed E-state index contributed by atoms with van der Waals surface area (Å²) in [6, 6.07) is 0. The number of hydrogen-bond acceptors (Lipinski definition) is 3. The van der Waals surface area contributed by atoms with Crippen LogP contribution in [0.3, 0.4) is 0 Å². The number of aliphatic hydroxyl groups is 1. The van der Waals surface area contributed by atoms with Crippen molar-refractivity contribution in [2.45, 2.75) is 38.2 Å². The monoisotopic (exact) mass is 251 g/mol. The number of carbonyl (C=O) groups is 1. The zero-order valence-corrected chi connectivity index (χ0v) is 10.8. The van der Waals surface area contributed by atoms with E-state index in [2.05, 4.69) is 0 Å². The molecule has 0 atom stereocenters. The van der Waals surface area contributed by atoms with Crippen LogP contribution in [0.15, 0.2) is 5.38 Å². The first-order valence-electron chi connectivity index (χ1n) is 6.18. The Morgan fingerprint density at radius 3 is 2.82 bits per heavy atom. The van der Waals surface area contributed by atoms with E-state index in [1.807, 2.05) is 5.38 Å². The van der Waals surface area contributed by atoms with E-state index in [4.69, 9.17) is 0 Å². The lowest BCUT2D eigenvalue weighted by atomic mass is 9.92. The van der Waals surface area contributed by atoms with Gasteiger partial charge in [0, 0.05) is 10.3 Å². The van der Waals surface area contributed by atoms with Crippen LogP contribution in [0.25, 0.3) is 0 Å². The van der Waals surface area contributed by atoms with Gasteiger partial charge in [0.25, 0.3) is 5.91 Å². The molecule has 0 spiro atoms. The number of hydrogen-bond donors (Lipinski definition) is 1. The van der Waals surface area contributed by atoms with Crippen LogP contribution in [0.1, 0.15) is 40.6 Å². The van der Waals surface area contributed by atoms with Crippen molar-refractivity contribution < 1.29 is 9.90 Å². The summed E-state index contributed by atoms with van der Waals surface area (Å²) in [6.07, 6.45) is 4.62. The molecule has 1 fully saturated rings. The van der Waals surface area contributed by atoms with Crippen molar-refractivity contribution in [3.63, 3.8) is 0 Å². The van der Waals surface area contributed by atoms with Crippen molar-refractivity contribution in [3.05, 3.63) is 21.4 Å². The molecule has 1 aromatic rings. The summed E-state index contributed by atoms with van der Waals surface area (Å²) >= 11 is 1.72. The Kier molecular flexibility index (Phi) is 2.52. The molecule has 92 valence electrons. The molecule has 3 nitrogen and oxygen atoms in total. The summed E-state index contributed by atoms with van der Waals surface area (Å²) in [4.78, 5) is 15.4. The van der Waals surface area contributed by atoms with Crippen LogP contribution in [0.5, 0.6) is 0 Å². The largest absolute Gasteiger partial charge is 0.386 e. The van der Waals surface area contributed by atoms with Crippen LogP contribution in [0, 0.1) is 0 Å². The predicted molar refractivity (Wildman–Crippen MR) is 67.5 cm³/mol. The number of likely N-dealkylation sites (tertiary alicyclic amines) is 1. The van der Waals surface area contributed by atoms with Crippen LogP contribution in [-0.4, -0.2) is 34.6 Å². The van der Waals surface area contributed by atoms with Crippen LogP contribution < -0.4 is 0 Å². The van der Waals surface area contributed by atoms with E-state index in [9.17, 15) is 9.90 Å². The molecular formula is C13H17NO2S. The second-order valence-electron chi connectivity index (χ2n) is 5.42. The second-order valence-corrected chi connectivity index (χ2v) is 6.38. The molecular weight excluding hydrogens is 234 g/mol. The summed E-state index contributed by atoms with van der Waals surface area (Å²) in [5, 5.41) is 11.7. The molecule has 1 aromatic heterocycles. The second kappa shape index (κ2) is 3.82. The van der Waals surface area contributed by atoms with Crippen molar-refractivity contribution >= 4 is 17.2 Å². The zero-order valence-electron chi connectivity index (χ0n) is 10.0. The number of aryl methyl sites for hydroxylation is 1. The van der Waals surface area contributed by atoms with Gasteiger partial charge in [-0.05, 0) is 38.2 Å². The third-order valence-electron chi connectivity index (χ3n) is 3.64. The third-order valence-corrected chi connectivity index (χ3v) is 4.73. The fourth-order valence-corrected chi connectivity index (χ4v) is 3.88. The summed E-state index contributed by atoms with van der Waals surface area (Å²) in [5.41, 5.74) is 1.49. The van der Waals surface area contributed by atoms with Gasteiger partial charge in [-0.3, -0.25) is 4.79 Å². The number of fused-ring (bicyclic) bond motifs is 1. The lowest BCUT2D eigenvalue weighted by molar-refractivity contribution is -0.0668.